The highest BCUT2D eigenvalue weighted by Gasteiger charge is 2.15. The van der Waals surface area contributed by atoms with E-state index in [-0.39, 0.29) is 12.3 Å². The Morgan fingerprint density at radius 1 is 1.35 bits per heavy atom. The van der Waals surface area contributed by atoms with Gasteiger partial charge in [-0.2, -0.15) is 0 Å². The molecule has 2 heterocycles. The fraction of sp³-hybridized carbons (Fsp3) is 0.538. The highest BCUT2D eigenvalue weighted by molar-refractivity contribution is 7.15. The number of hydrogen-bond acceptors (Lipinski definition) is 6. The van der Waals surface area contributed by atoms with Crippen molar-refractivity contribution in [3.05, 3.63) is 22.0 Å². The summed E-state index contributed by atoms with van der Waals surface area (Å²) < 4.78 is 5.04. The summed E-state index contributed by atoms with van der Waals surface area (Å²) in [4.78, 5) is 12.0. The standard InChI is InChI=1S/C13H18N4O2S/c1-7(2)5-12-15-16-13(20-12)14-11(18)6-10-8(3)17-19-9(10)4/h7H,5-6H2,1-4H3,(H,14,16,18). The Morgan fingerprint density at radius 3 is 2.70 bits per heavy atom. The van der Waals surface area contributed by atoms with Crippen molar-refractivity contribution < 1.29 is 9.32 Å². The topological polar surface area (TPSA) is 80.9 Å². The molecule has 0 aromatic carbocycles. The van der Waals surface area contributed by atoms with Crippen LogP contribution in [-0.4, -0.2) is 21.3 Å². The van der Waals surface area contributed by atoms with Gasteiger partial charge in [-0.15, -0.1) is 10.2 Å². The Hall–Kier alpha value is -1.76. The van der Waals surface area contributed by atoms with Gasteiger partial charge in [0, 0.05) is 12.0 Å². The van der Waals surface area contributed by atoms with E-state index in [4.69, 9.17) is 4.52 Å². The molecule has 0 aliphatic carbocycles. The molecule has 0 aliphatic rings. The first-order valence-corrected chi connectivity index (χ1v) is 7.31. The van der Waals surface area contributed by atoms with Crippen molar-refractivity contribution in [2.24, 2.45) is 5.92 Å². The molecule has 0 fully saturated rings. The molecule has 1 amide bonds. The van der Waals surface area contributed by atoms with E-state index >= 15 is 0 Å². The van der Waals surface area contributed by atoms with Gasteiger partial charge in [0.05, 0.1) is 12.1 Å². The largest absolute Gasteiger partial charge is 0.361 e. The maximum absolute atomic E-state index is 12.0. The first-order valence-electron chi connectivity index (χ1n) is 6.49. The zero-order valence-electron chi connectivity index (χ0n) is 12.1. The molecule has 0 bridgehead atoms. The highest BCUT2D eigenvalue weighted by atomic mass is 32.1. The molecule has 0 unspecified atom stereocenters. The molecule has 0 radical (unpaired) electrons. The van der Waals surface area contributed by atoms with Crippen LogP contribution in [-0.2, 0) is 17.6 Å². The number of amides is 1. The number of aromatic nitrogens is 3. The van der Waals surface area contributed by atoms with Crippen LogP contribution in [0.2, 0.25) is 0 Å². The number of rotatable bonds is 5. The first kappa shape index (κ1) is 14.6. The van der Waals surface area contributed by atoms with Crippen molar-refractivity contribution in [1.29, 1.82) is 0 Å². The van der Waals surface area contributed by atoms with Crippen LogP contribution in [0.15, 0.2) is 4.52 Å². The van der Waals surface area contributed by atoms with Gasteiger partial charge < -0.3 is 9.84 Å². The lowest BCUT2D eigenvalue weighted by Gasteiger charge is -2.00. The molecule has 1 N–H and O–H groups in total. The number of nitrogens with zero attached hydrogens (tertiary/aromatic N) is 3. The average molecular weight is 294 g/mol. The normalized spacial score (nSPS) is 11.1. The van der Waals surface area contributed by atoms with Crippen molar-refractivity contribution in [3.63, 3.8) is 0 Å². The van der Waals surface area contributed by atoms with Gasteiger partial charge in [0.2, 0.25) is 11.0 Å². The molecule has 20 heavy (non-hydrogen) atoms. The van der Waals surface area contributed by atoms with Gasteiger partial charge in [-0.3, -0.25) is 4.79 Å². The second-order valence-corrected chi connectivity index (χ2v) is 6.19. The van der Waals surface area contributed by atoms with Gasteiger partial charge >= 0.3 is 0 Å². The lowest BCUT2D eigenvalue weighted by Crippen LogP contribution is -2.15. The van der Waals surface area contributed by atoms with E-state index in [1.54, 1.807) is 6.92 Å². The number of aryl methyl sites for hydroxylation is 2. The Labute approximate surface area is 121 Å². The second-order valence-electron chi connectivity index (χ2n) is 5.13. The third kappa shape index (κ3) is 3.63. The summed E-state index contributed by atoms with van der Waals surface area (Å²) in [6.07, 6.45) is 1.11. The molecule has 6 nitrogen and oxygen atoms in total. The van der Waals surface area contributed by atoms with Crippen LogP contribution in [0.3, 0.4) is 0 Å². The summed E-state index contributed by atoms with van der Waals surface area (Å²) in [6, 6.07) is 0. The molecular weight excluding hydrogens is 276 g/mol. The van der Waals surface area contributed by atoms with Crippen molar-refractivity contribution in [3.8, 4) is 0 Å². The van der Waals surface area contributed by atoms with Gasteiger partial charge in [0.25, 0.3) is 0 Å². The molecule has 2 aromatic rings. The predicted octanol–water partition coefficient (Wildman–Crippen LogP) is 2.52. The Kier molecular flexibility index (Phi) is 4.49. The molecule has 0 spiro atoms. The molecule has 108 valence electrons. The summed E-state index contributed by atoms with van der Waals surface area (Å²) in [7, 11) is 0. The van der Waals surface area contributed by atoms with Crippen molar-refractivity contribution in [2.75, 3.05) is 5.32 Å². The Balaban J connectivity index is 1.96. The average Bonchev–Trinajstić information content (AvgIpc) is 2.90. The molecule has 2 rings (SSSR count). The second kappa shape index (κ2) is 6.13. The van der Waals surface area contributed by atoms with Crippen LogP contribution in [0.25, 0.3) is 0 Å². The van der Waals surface area contributed by atoms with Crippen LogP contribution in [0.1, 0.15) is 35.9 Å². The number of hydrogen-bond donors (Lipinski definition) is 1. The van der Waals surface area contributed by atoms with E-state index in [1.807, 2.05) is 6.92 Å². The summed E-state index contributed by atoms with van der Waals surface area (Å²) in [6.45, 7) is 7.87. The lowest BCUT2D eigenvalue weighted by atomic mass is 10.1. The van der Waals surface area contributed by atoms with Crippen LogP contribution in [0.4, 0.5) is 5.13 Å². The Bertz CT molecular complexity index is 584. The number of carbonyl (C=O) groups is 1. The molecule has 0 saturated heterocycles. The first-order chi connectivity index (χ1) is 9.45. The van der Waals surface area contributed by atoms with E-state index in [2.05, 4.69) is 34.5 Å². The zero-order valence-corrected chi connectivity index (χ0v) is 12.9. The monoisotopic (exact) mass is 294 g/mol. The number of nitrogens with one attached hydrogen (secondary N) is 1. The van der Waals surface area contributed by atoms with E-state index in [9.17, 15) is 4.79 Å². The molecule has 7 heteroatoms. The summed E-state index contributed by atoms with van der Waals surface area (Å²) >= 11 is 1.42. The summed E-state index contributed by atoms with van der Waals surface area (Å²) in [5.41, 5.74) is 1.57. The maximum Gasteiger partial charge on any atom is 0.230 e. The molecule has 0 atom stereocenters. The van der Waals surface area contributed by atoms with Crippen LogP contribution >= 0.6 is 11.3 Å². The maximum atomic E-state index is 12.0. The fourth-order valence-electron chi connectivity index (χ4n) is 1.81. The van der Waals surface area contributed by atoms with Gasteiger partial charge in [0.15, 0.2) is 0 Å². The molecule has 0 aliphatic heterocycles. The zero-order chi connectivity index (χ0) is 14.7. The fourth-order valence-corrected chi connectivity index (χ4v) is 2.78. The lowest BCUT2D eigenvalue weighted by molar-refractivity contribution is -0.115. The van der Waals surface area contributed by atoms with E-state index in [0.29, 0.717) is 16.8 Å². The molecule has 0 saturated carbocycles. The van der Waals surface area contributed by atoms with Gasteiger partial charge in [-0.25, -0.2) is 0 Å². The van der Waals surface area contributed by atoms with Crippen molar-refractivity contribution >= 4 is 22.4 Å². The van der Waals surface area contributed by atoms with Gasteiger partial charge in [-0.1, -0.05) is 30.3 Å². The number of carbonyl (C=O) groups excluding carboxylic acids is 1. The predicted molar refractivity (Wildman–Crippen MR) is 76.8 cm³/mol. The van der Waals surface area contributed by atoms with E-state index < -0.39 is 0 Å². The SMILES string of the molecule is Cc1noc(C)c1CC(=O)Nc1nnc(CC(C)C)s1. The summed E-state index contributed by atoms with van der Waals surface area (Å²) in [5, 5.41) is 16.1. The minimum absolute atomic E-state index is 0.133. The highest BCUT2D eigenvalue weighted by Crippen LogP contribution is 2.19. The smallest absolute Gasteiger partial charge is 0.230 e. The van der Waals surface area contributed by atoms with Crippen LogP contribution < -0.4 is 5.32 Å². The van der Waals surface area contributed by atoms with E-state index in [0.717, 1.165) is 22.7 Å². The van der Waals surface area contributed by atoms with Crippen LogP contribution in [0, 0.1) is 19.8 Å². The van der Waals surface area contributed by atoms with Crippen molar-refractivity contribution in [1.82, 2.24) is 15.4 Å². The molecule has 2 aromatic heterocycles. The van der Waals surface area contributed by atoms with Gasteiger partial charge in [-0.05, 0) is 19.8 Å². The Morgan fingerprint density at radius 2 is 2.10 bits per heavy atom. The van der Waals surface area contributed by atoms with E-state index in [1.165, 1.54) is 11.3 Å². The third-order valence-corrected chi connectivity index (χ3v) is 3.68. The van der Waals surface area contributed by atoms with Crippen LogP contribution in [0.5, 0.6) is 0 Å². The minimum atomic E-state index is -0.133. The minimum Gasteiger partial charge on any atom is -0.361 e. The molecular formula is C13H18N4O2S. The van der Waals surface area contributed by atoms with Crippen molar-refractivity contribution in [2.45, 2.75) is 40.5 Å². The number of anilines is 1. The quantitative estimate of drug-likeness (QED) is 0.916. The van der Waals surface area contributed by atoms with Gasteiger partial charge in [0.1, 0.15) is 10.8 Å². The third-order valence-electron chi connectivity index (χ3n) is 2.81. The summed E-state index contributed by atoms with van der Waals surface area (Å²) in [5.74, 6) is 1.07.